The Balaban J connectivity index is 1.48. The number of rotatable bonds is 7. The van der Waals surface area contributed by atoms with E-state index in [9.17, 15) is 4.79 Å². The first-order chi connectivity index (χ1) is 12.7. The van der Waals surface area contributed by atoms with Gasteiger partial charge in [-0.2, -0.15) is 0 Å². The zero-order valence-corrected chi connectivity index (χ0v) is 15.0. The first kappa shape index (κ1) is 18.0. The van der Waals surface area contributed by atoms with Crippen LogP contribution in [0.25, 0.3) is 0 Å². The molecule has 0 atom stereocenters. The highest BCUT2D eigenvalue weighted by atomic mass is 16.5. The summed E-state index contributed by atoms with van der Waals surface area (Å²) >= 11 is 0. The van der Waals surface area contributed by atoms with Crippen LogP contribution in [-0.4, -0.2) is 42.7 Å². The number of carbonyl (C=O) groups is 1. The van der Waals surface area contributed by atoms with Gasteiger partial charge in [-0.15, -0.1) is 0 Å². The number of piperidine rings is 1. The Hall–Kier alpha value is -2.83. The van der Waals surface area contributed by atoms with Gasteiger partial charge in [-0.1, -0.05) is 6.07 Å². The topological polar surface area (TPSA) is 76.6 Å². The molecule has 1 aliphatic heterocycles. The average Bonchev–Trinajstić information content (AvgIpc) is 2.72. The lowest BCUT2D eigenvalue weighted by Gasteiger charge is -2.27. The van der Waals surface area contributed by atoms with E-state index in [0.717, 1.165) is 18.9 Å². The molecule has 1 amide bonds. The number of nitrogens with zero attached hydrogens (tertiary/aromatic N) is 3. The quantitative estimate of drug-likeness (QED) is 0.819. The first-order valence-electron chi connectivity index (χ1n) is 8.85. The third kappa shape index (κ3) is 5.08. The molecule has 7 heteroatoms. The Kier molecular flexibility index (Phi) is 6.24. The fourth-order valence-corrected chi connectivity index (χ4v) is 2.84. The number of hydrogen-bond acceptors (Lipinski definition) is 6. The predicted molar refractivity (Wildman–Crippen MR) is 98.4 cm³/mol. The minimum atomic E-state index is -0.222. The van der Waals surface area contributed by atoms with E-state index >= 15 is 0 Å². The molecule has 1 aliphatic rings. The summed E-state index contributed by atoms with van der Waals surface area (Å²) in [6.07, 6.45) is 5.40. The number of nitrogens with one attached hydrogen (secondary N) is 1. The SMILES string of the molecule is COc1cccc(OCC(=O)NCc2nccc(N3CCCCC3)n2)c1. The molecule has 1 saturated heterocycles. The Bertz CT molecular complexity index is 732. The van der Waals surface area contributed by atoms with Crippen LogP contribution >= 0.6 is 0 Å². The molecule has 7 nitrogen and oxygen atoms in total. The highest BCUT2D eigenvalue weighted by molar-refractivity contribution is 5.77. The van der Waals surface area contributed by atoms with Gasteiger partial charge in [0, 0.05) is 25.4 Å². The minimum absolute atomic E-state index is 0.0705. The molecule has 1 aromatic carbocycles. The van der Waals surface area contributed by atoms with Crippen LogP contribution in [0, 0.1) is 0 Å². The van der Waals surface area contributed by atoms with Crippen LogP contribution in [0.1, 0.15) is 25.1 Å². The summed E-state index contributed by atoms with van der Waals surface area (Å²) < 4.78 is 10.6. The number of benzene rings is 1. The van der Waals surface area contributed by atoms with Crippen LogP contribution in [0.15, 0.2) is 36.5 Å². The molecule has 138 valence electrons. The second kappa shape index (κ2) is 9.03. The normalized spacial score (nSPS) is 14.0. The van der Waals surface area contributed by atoms with Crippen LogP contribution in [0.2, 0.25) is 0 Å². The monoisotopic (exact) mass is 356 g/mol. The Morgan fingerprint density at radius 1 is 1.19 bits per heavy atom. The van der Waals surface area contributed by atoms with E-state index in [1.165, 1.54) is 19.3 Å². The summed E-state index contributed by atoms with van der Waals surface area (Å²) in [6.45, 7) is 2.26. The van der Waals surface area contributed by atoms with Crippen molar-refractivity contribution in [1.29, 1.82) is 0 Å². The standard InChI is InChI=1S/C19H24N4O3/c1-25-15-6-5-7-16(12-15)26-14-19(24)21-13-17-20-9-8-18(22-17)23-10-3-2-4-11-23/h5-9,12H,2-4,10-11,13-14H2,1H3,(H,21,24). The van der Waals surface area contributed by atoms with Gasteiger partial charge in [0.1, 0.15) is 23.1 Å². The number of methoxy groups -OCH3 is 1. The summed E-state index contributed by atoms with van der Waals surface area (Å²) in [4.78, 5) is 23.1. The van der Waals surface area contributed by atoms with Crippen LogP contribution in [0.4, 0.5) is 5.82 Å². The molecule has 0 aliphatic carbocycles. The number of hydrogen-bond donors (Lipinski definition) is 1. The smallest absolute Gasteiger partial charge is 0.258 e. The van der Waals surface area contributed by atoms with Gasteiger partial charge < -0.3 is 19.7 Å². The van der Waals surface area contributed by atoms with Gasteiger partial charge in [0.25, 0.3) is 5.91 Å². The summed E-state index contributed by atoms with van der Waals surface area (Å²) in [6, 6.07) is 9.06. The van der Waals surface area contributed by atoms with Gasteiger partial charge in [0.05, 0.1) is 13.7 Å². The van der Waals surface area contributed by atoms with Gasteiger partial charge in [0.2, 0.25) is 0 Å². The van der Waals surface area contributed by atoms with E-state index in [0.29, 0.717) is 17.3 Å². The maximum Gasteiger partial charge on any atom is 0.258 e. The van der Waals surface area contributed by atoms with Gasteiger partial charge in [-0.05, 0) is 37.5 Å². The van der Waals surface area contributed by atoms with Crippen molar-refractivity contribution >= 4 is 11.7 Å². The predicted octanol–water partition coefficient (Wildman–Crippen LogP) is 2.17. The summed E-state index contributed by atoms with van der Waals surface area (Å²) in [7, 11) is 1.59. The average molecular weight is 356 g/mol. The van der Waals surface area contributed by atoms with E-state index in [4.69, 9.17) is 9.47 Å². The molecule has 0 radical (unpaired) electrons. The van der Waals surface area contributed by atoms with Gasteiger partial charge >= 0.3 is 0 Å². The van der Waals surface area contributed by atoms with Crippen LogP contribution in [0.5, 0.6) is 11.5 Å². The fraction of sp³-hybridized carbons (Fsp3) is 0.421. The number of carbonyl (C=O) groups excluding carboxylic acids is 1. The number of anilines is 1. The first-order valence-corrected chi connectivity index (χ1v) is 8.85. The zero-order valence-electron chi connectivity index (χ0n) is 15.0. The largest absolute Gasteiger partial charge is 0.497 e. The van der Waals surface area contributed by atoms with Crippen molar-refractivity contribution in [1.82, 2.24) is 15.3 Å². The molecule has 1 N–H and O–H groups in total. The molecule has 1 fully saturated rings. The third-order valence-electron chi connectivity index (χ3n) is 4.23. The minimum Gasteiger partial charge on any atom is -0.497 e. The molecule has 0 unspecified atom stereocenters. The molecule has 0 spiro atoms. The molecular weight excluding hydrogens is 332 g/mol. The molecule has 1 aromatic heterocycles. The lowest BCUT2D eigenvalue weighted by molar-refractivity contribution is -0.123. The third-order valence-corrected chi connectivity index (χ3v) is 4.23. The molecule has 2 heterocycles. The van der Waals surface area contributed by atoms with Crippen molar-refractivity contribution in [3.63, 3.8) is 0 Å². The van der Waals surface area contributed by atoms with Gasteiger partial charge in [-0.3, -0.25) is 4.79 Å². The van der Waals surface area contributed by atoms with E-state index in [1.54, 1.807) is 25.4 Å². The maximum atomic E-state index is 12.0. The maximum absolute atomic E-state index is 12.0. The second-order valence-electron chi connectivity index (χ2n) is 6.12. The lowest BCUT2D eigenvalue weighted by atomic mass is 10.1. The lowest BCUT2D eigenvalue weighted by Crippen LogP contribution is -2.31. The molecule has 2 aromatic rings. The Morgan fingerprint density at radius 3 is 2.81 bits per heavy atom. The molecular formula is C19H24N4O3. The summed E-state index contributed by atoms with van der Waals surface area (Å²) in [5.41, 5.74) is 0. The number of aromatic nitrogens is 2. The molecule has 26 heavy (non-hydrogen) atoms. The summed E-state index contributed by atoms with van der Waals surface area (Å²) in [5.74, 6) is 2.58. The van der Waals surface area contributed by atoms with Gasteiger partial charge in [0.15, 0.2) is 6.61 Å². The number of ether oxygens (including phenoxy) is 2. The molecule has 0 bridgehead atoms. The number of amides is 1. The molecule has 0 saturated carbocycles. The van der Waals surface area contributed by atoms with Crippen molar-refractivity contribution < 1.29 is 14.3 Å². The summed E-state index contributed by atoms with van der Waals surface area (Å²) in [5, 5.41) is 2.79. The Labute approximate surface area is 153 Å². The van der Waals surface area contributed by atoms with Crippen molar-refractivity contribution in [2.75, 3.05) is 31.7 Å². The van der Waals surface area contributed by atoms with E-state index < -0.39 is 0 Å². The van der Waals surface area contributed by atoms with Crippen molar-refractivity contribution in [3.05, 3.63) is 42.4 Å². The second-order valence-corrected chi connectivity index (χ2v) is 6.12. The van der Waals surface area contributed by atoms with Crippen LogP contribution in [0.3, 0.4) is 0 Å². The Morgan fingerprint density at radius 2 is 2.00 bits per heavy atom. The highest BCUT2D eigenvalue weighted by Crippen LogP contribution is 2.19. The fourth-order valence-electron chi connectivity index (χ4n) is 2.84. The van der Waals surface area contributed by atoms with Crippen molar-refractivity contribution in [3.8, 4) is 11.5 Å². The van der Waals surface area contributed by atoms with Crippen LogP contribution < -0.4 is 19.7 Å². The van der Waals surface area contributed by atoms with E-state index in [1.807, 2.05) is 18.2 Å². The van der Waals surface area contributed by atoms with Crippen molar-refractivity contribution in [2.45, 2.75) is 25.8 Å². The van der Waals surface area contributed by atoms with E-state index in [2.05, 4.69) is 20.2 Å². The van der Waals surface area contributed by atoms with Crippen molar-refractivity contribution in [2.24, 2.45) is 0 Å². The highest BCUT2D eigenvalue weighted by Gasteiger charge is 2.13. The molecule has 3 rings (SSSR count). The van der Waals surface area contributed by atoms with Crippen LogP contribution in [-0.2, 0) is 11.3 Å². The van der Waals surface area contributed by atoms with Gasteiger partial charge in [-0.25, -0.2) is 9.97 Å². The zero-order chi connectivity index (χ0) is 18.2. The van der Waals surface area contributed by atoms with E-state index in [-0.39, 0.29) is 19.1 Å².